The highest BCUT2D eigenvalue weighted by molar-refractivity contribution is 5.68. The van der Waals surface area contributed by atoms with Crippen LogP contribution in [0, 0.1) is 0 Å². The van der Waals surface area contributed by atoms with Crippen LogP contribution >= 0.6 is 0 Å². The Labute approximate surface area is 138 Å². The summed E-state index contributed by atoms with van der Waals surface area (Å²) in [7, 11) is 1.45. The summed E-state index contributed by atoms with van der Waals surface area (Å²) in [5.41, 5.74) is 1.39. The molecule has 0 heterocycles. The molecule has 128 valence electrons. The second kappa shape index (κ2) is 16.3. The Bertz CT molecular complexity index is 316. The summed E-state index contributed by atoms with van der Waals surface area (Å²) in [4.78, 5) is 10.9. The second-order valence-corrected chi connectivity index (χ2v) is 6.08. The lowest BCUT2D eigenvalue weighted by atomic mass is 10.1. The molecule has 0 radical (unpaired) electrons. The second-order valence-electron chi connectivity index (χ2n) is 6.08. The van der Waals surface area contributed by atoms with E-state index in [-0.39, 0.29) is 5.97 Å². The number of ether oxygens (including phenoxy) is 1. The maximum absolute atomic E-state index is 10.9. The highest BCUT2D eigenvalue weighted by Crippen LogP contribution is 2.09. The van der Waals surface area contributed by atoms with Crippen molar-refractivity contribution < 1.29 is 9.53 Å². The van der Waals surface area contributed by atoms with E-state index in [0.717, 1.165) is 19.3 Å². The molecule has 0 bridgehead atoms. The minimum absolute atomic E-state index is 0.0876. The van der Waals surface area contributed by atoms with Crippen molar-refractivity contribution in [2.45, 2.75) is 90.9 Å². The predicted octanol–water partition coefficient (Wildman–Crippen LogP) is 6.36. The van der Waals surface area contributed by atoms with Crippen molar-refractivity contribution in [1.82, 2.24) is 0 Å². The van der Waals surface area contributed by atoms with Crippen LogP contribution in [0.3, 0.4) is 0 Å². The molecule has 0 N–H and O–H groups in total. The number of unbranched alkanes of at least 4 members (excludes halogenated alkanes) is 9. The normalized spacial score (nSPS) is 12.0. The molecule has 0 rings (SSSR count). The van der Waals surface area contributed by atoms with Crippen LogP contribution in [0.2, 0.25) is 0 Å². The predicted molar refractivity (Wildman–Crippen MR) is 96.0 cm³/mol. The van der Waals surface area contributed by atoms with Gasteiger partial charge in [-0.1, -0.05) is 69.2 Å². The zero-order valence-electron chi connectivity index (χ0n) is 15.0. The van der Waals surface area contributed by atoms with Gasteiger partial charge in [0.1, 0.15) is 0 Å². The highest BCUT2D eigenvalue weighted by Gasteiger charge is 1.98. The van der Waals surface area contributed by atoms with Gasteiger partial charge in [-0.3, -0.25) is 4.79 Å². The van der Waals surface area contributed by atoms with Gasteiger partial charge in [0.15, 0.2) is 0 Å². The first-order valence-corrected chi connectivity index (χ1v) is 9.10. The van der Waals surface area contributed by atoms with Crippen LogP contribution in [0.5, 0.6) is 0 Å². The summed E-state index contributed by atoms with van der Waals surface area (Å²) in [6.07, 6.45) is 21.1. The number of hydrogen-bond acceptors (Lipinski definition) is 2. The number of allylic oxidation sites excluding steroid dienone is 4. The van der Waals surface area contributed by atoms with Gasteiger partial charge >= 0.3 is 5.97 Å². The first-order chi connectivity index (χ1) is 10.7. The third kappa shape index (κ3) is 15.3. The average Bonchev–Trinajstić information content (AvgIpc) is 2.52. The Hall–Kier alpha value is -1.05. The van der Waals surface area contributed by atoms with Crippen molar-refractivity contribution in [3.05, 3.63) is 23.8 Å². The van der Waals surface area contributed by atoms with Crippen molar-refractivity contribution in [3.63, 3.8) is 0 Å². The fourth-order valence-corrected chi connectivity index (χ4v) is 2.40. The summed E-state index contributed by atoms with van der Waals surface area (Å²) in [6.45, 7) is 4.45. The monoisotopic (exact) mass is 308 g/mol. The fraction of sp³-hybridized carbons (Fsp3) is 0.750. The summed E-state index contributed by atoms with van der Waals surface area (Å²) < 4.78 is 4.62. The Morgan fingerprint density at radius 2 is 1.55 bits per heavy atom. The number of esters is 1. The van der Waals surface area contributed by atoms with Crippen molar-refractivity contribution in [2.24, 2.45) is 0 Å². The third-order valence-corrected chi connectivity index (χ3v) is 3.88. The lowest BCUT2D eigenvalue weighted by molar-refractivity contribution is -0.140. The van der Waals surface area contributed by atoms with E-state index in [2.05, 4.69) is 36.8 Å². The minimum Gasteiger partial charge on any atom is -0.469 e. The summed E-state index contributed by atoms with van der Waals surface area (Å²) in [5.74, 6) is -0.0876. The average molecular weight is 309 g/mol. The van der Waals surface area contributed by atoms with Gasteiger partial charge in [0.25, 0.3) is 0 Å². The summed E-state index contributed by atoms with van der Waals surface area (Å²) in [6, 6.07) is 0. The van der Waals surface area contributed by atoms with Gasteiger partial charge in [0.05, 0.1) is 7.11 Å². The smallest absolute Gasteiger partial charge is 0.305 e. The number of hydrogen-bond donors (Lipinski definition) is 0. The third-order valence-electron chi connectivity index (χ3n) is 3.88. The van der Waals surface area contributed by atoms with Crippen LogP contribution in [0.1, 0.15) is 90.9 Å². The van der Waals surface area contributed by atoms with E-state index in [1.165, 1.54) is 64.0 Å². The molecule has 0 fully saturated rings. The lowest BCUT2D eigenvalue weighted by Gasteiger charge is -1.99. The molecule has 0 atom stereocenters. The van der Waals surface area contributed by atoms with E-state index in [1.54, 1.807) is 0 Å². The van der Waals surface area contributed by atoms with Gasteiger partial charge in [-0.25, -0.2) is 0 Å². The molecular formula is C20H36O2. The van der Waals surface area contributed by atoms with Gasteiger partial charge in [0, 0.05) is 6.42 Å². The van der Waals surface area contributed by atoms with Crippen LogP contribution in [-0.2, 0) is 9.53 Å². The molecule has 0 aliphatic rings. The molecule has 2 nitrogen and oxygen atoms in total. The van der Waals surface area contributed by atoms with Crippen LogP contribution in [-0.4, -0.2) is 13.1 Å². The Morgan fingerprint density at radius 3 is 2.23 bits per heavy atom. The van der Waals surface area contributed by atoms with Gasteiger partial charge in [-0.2, -0.15) is 0 Å². The number of rotatable bonds is 14. The molecule has 0 aliphatic carbocycles. The molecule has 0 aromatic rings. The molecule has 0 saturated heterocycles. The van der Waals surface area contributed by atoms with Gasteiger partial charge in [-0.15, -0.1) is 0 Å². The maximum Gasteiger partial charge on any atom is 0.305 e. The van der Waals surface area contributed by atoms with Crippen LogP contribution < -0.4 is 0 Å². The molecule has 2 heteroatoms. The Morgan fingerprint density at radius 1 is 0.909 bits per heavy atom. The number of carbonyl (C=O) groups excluding carboxylic acids is 1. The van der Waals surface area contributed by atoms with Crippen molar-refractivity contribution >= 4 is 5.97 Å². The Balaban J connectivity index is 3.45. The van der Waals surface area contributed by atoms with Gasteiger partial charge in [-0.05, 0) is 39.0 Å². The molecule has 0 amide bonds. The first-order valence-electron chi connectivity index (χ1n) is 9.10. The van der Waals surface area contributed by atoms with E-state index in [1.807, 2.05) is 0 Å². The SMILES string of the molecule is CCCCCCC/C=C(C)/C=C/CCCCCCC(=O)OC. The van der Waals surface area contributed by atoms with E-state index < -0.39 is 0 Å². The largest absolute Gasteiger partial charge is 0.469 e. The molecule has 0 aromatic heterocycles. The lowest BCUT2D eigenvalue weighted by Crippen LogP contribution is -1.98. The van der Waals surface area contributed by atoms with E-state index >= 15 is 0 Å². The summed E-state index contributed by atoms with van der Waals surface area (Å²) in [5, 5.41) is 0. The van der Waals surface area contributed by atoms with Gasteiger partial charge < -0.3 is 4.74 Å². The van der Waals surface area contributed by atoms with Crippen LogP contribution in [0.25, 0.3) is 0 Å². The quantitative estimate of drug-likeness (QED) is 0.212. The van der Waals surface area contributed by atoms with Crippen LogP contribution in [0.4, 0.5) is 0 Å². The molecular weight excluding hydrogens is 272 g/mol. The van der Waals surface area contributed by atoms with Crippen molar-refractivity contribution in [2.75, 3.05) is 7.11 Å². The van der Waals surface area contributed by atoms with Crippen LogP contribution in [0.15, 0.2) is 23.8 Å². The van der Waals surface area contributed by atoms with Gasteiger partial charge in [0.2, 0.25) is 0 Å². The minimum atomic E-state index is -0.0876. The maximum atomic E-state index is 10.9. The van der Waals surface area contributed by atoms with Crippen molar-refractivity contribution in [3.8, 4) is 0 Å². The van der Waals surface area contributed by atoms with Crippen molar-refractivity contribution in [1.29, 1.82) is 0 Å². The first kappa shape index (κ1) is 20.9. The van der Waals surface area contributed by atoms with E-state index in [4.69, 9.17) is 0 Å². The molecule has 0 aliphatic heterocycles. The zero-order valence-corrected chi connectivity index (χ0v) is 15.0. The molecule has 0 aromatic carbocycles. The highest BCUT2D eigenvalue weighted by atomic mass is 16.5. The number of methoxy groups -OCH3 is 1. The molecule has 22 heavy (non-hydrogen) atoms. The van der Waals surface area contributed by atoms with E-state index in [0.29, 0.717) is 6.42 Å². The Kier molecular flexibility index (Phi) is 15.5. The molecule has 0 spiro atoms. The molecule has 0 unspecified atom stereocenters. The topological polar surface area (TPSA) is 26.3 Å². The standard InChI is InChI=1S/C20H36O2/c1-4-5-6-7-10-13-16-19(2)17-14-11-8-9-12-15-18-20(21)22-3/h14,16-17H,4-13,15,18H2,1-3H3/b17-14+,19-16+. The molecule has 0 saturated carbocycles. The van der Waals surface area contributed by atoms with E-state index in [9.17, 15) is 4.79 Å². The number of carbonyl (C=O) groups is 1. The fourth-order valence-electron chi connectivity index (χ4n) is 2.40. The summed E-state index contributed by atoms with van der Waals surface area (Å²) >= 11 is 0. The zero-order chi connectivity index (χ0) is 16.5.